The van der Waals surface area contributed by atoms with E-state index < -0.39 is 26.9 Å². The molecule has 20 heavy (non-hydrogen) atoms. The number of aliphatic carboxylic acids is 1. The van der Waals surface area contributed by atoms with Gasteiger partial charge in [0, 0.05) is 22.8 Å². The SMILES string of the molecule is O=C(O)CCN1CC2([N+](=O)[O-])C=CCC([N+](=O)[O-])(C1)C2. The first-order valence-electron chi connectivity index (χ1n) is 6.21. The van der Waals surface area contributed by atoms with E-state index in [1.165, 1.54) is 17.1 Å². The van der Waals surface area contributed by atoms with Crippen LogP contribution in [0.5, 0.6) is 0 Å². The Balaban J connectivity index is 2.29. The molecule has 9 nitrogen and oxygen atoms in total. The second-order valence-corrected chi connectivity index (χ2v) is 5.48. The molecule has 2 rings (SSSR count). The van der Waals surface area contributed by atoms with Crippen LogP contribution in [0.25, 0.3) is 0 Å². The molecule has 0 aromatic rings. The Labute approximate surface area is 114 Å². The third kappa shape index (κ3) is 2.36. The zero-order valence-electron chi connectivity index (χ0n) is 10.7. The molecule has 0 aromatic carbocycles. The fraction of sp³-hybridized carbons (Fsp3) is 0.727. The third-order valence-electron chi connectivity index (χ3n) is 3.97. The van der Waals surface area contributed by atoms with Gasteiger partial charge in [-0.3, -0.25) is 29.9 Å². The molecule has 0 amide bonds. The van der Waals surface area contributed by atoms with Crippen LogP contribution in [-0.4, -0.2) is 56.5 Å². The standard InChI is InChI=1S/C11H15N3O6/c15-9(16)2-5-12-7-10(13(17)18)3-1-4-11(6-10,8-12)14(19)20/h1,3H,2,4-8H2,(H,15,16). The second-order valence-electron chi connectivity index (χ2n) is 5.48. The Morgan fingerprint density at radius 2 is 2.00 bits per heavy atom. The van der Waals surface area contributed by atoms with Gasteiger partial charge in [0.25, 0.3) is 5.54 Å². The van der Waals surface area contributed by atoms with Crippen LogP contribution in [0.1, 0.15) is 19.3 Å². The molecular formula is C11H15N3O6. The molecule has 1 N–H and O–H groups in total. The molecule has 0 aromatic heterocycles. The lowest BCUT2D eigenvalue weighted by Gasteiger charge is -2.43. The molecule has 110 valence electrons. The molecule has 0 saturated carbocycles. The largest absolute Gasteiger partial charge is 0.481 e. The molecule has 2 bridgehead atoms. The van der Waals surface area contributed by atoms with Gasteiger partial charge >= 0.3 is 5.97 Å². The summed E-state index contributed by atoms with van der Waals surface area (Å²) in [7, 11) is 0. The van der Waals surface area contributed by atoms with Gasteiger partial charge in [0.2, 0.25) is 5.54 Å². The van der Waals surface area contributed by atoms with E-state index >= 15 is 0 Å². The normalized spacial score (nSPS) is 32.8. The average Bonchev–Trinajstić information content (AvgIpc) is 2.35. The van der Waals surface area contributed by atoms with Crippen molar-refractivity contribution >= 4 is 5.97 Å². The maximum absolute atomic E-state index is 11.3. The minimum absolute atomic E-state index is 0.0133. The van der Waals surface area contributed by atoms with E-state index in [-0.39, 0.29) is 38.9 Å². The molecule has 2 unspecified atom stereocenters. The summed E-state index contributed by atoms with van der Waals surface area (Å²) in [6.45, 7) is 0.140. The molecule has 1 aliphatic heterocycles. The summed E-state index contributed by atoms with van der Waals surface area (Å²) in [6, 6.07) is 0. The first kappa shape index (κ1) is 14.4. The van der Waals surface area contributed by atoms with Gasteiger partial charge in [0.05, 0.1) is 25.9 Å². The zero-order valence-corrected chi connectivity index (χ0v) is 10.7. The molecular weight excluding hydrogens is 270 g/mol. The number of likely N-dealkylation sites (tertiary alicyclic amines) is 1. The van der Waals surface area contributed by atoms with Gasteiger partial charge in [-0.25, -0.2) is 0 Å². The van der Waals surface area contributed by atoms with Gasteiger partial charge < -0.3 is 5.11 Å². The van der Waals surface area contributed by atoms with Crippen molar-refractivity contribution in [2.75, 3.05) is 19.6 Å². The van der Waals surface area contributed by atoms with Gasteiger partial charge in [0.15, 0.2) is 0 Å². The second kappa shape index (κ2) is 4.82. The quantitative estimate of drug-likeness (QED) is 0.433. The lowest BCUT2D eigenvalue weighted by atomic mass is 9.72. The van der Waals surface area contributed by atoms with Crippen LogP contribution < -0.4 is 0 Å². The van der Waals surface area contributed by atoms with Gasteiger partial charge in [-0.05, 0) is 6.08 Å². The highest BCUT2D eigenvalue weighted by molar-refractivity contribution is 5.66. The summed E-state index contributed by atoms with van der Waals surface area (Å²) >= 11 is 0. The maximum Gasteiger partial charge on any atom is 0.304 e. The van der Waals surface area contributed by atoms with E-state index in [4.69, 9.17) is 5.11 Å². The van der Waals surface area contributed by atoms with Crippen molar-refractivity contribution in [1.82, 2.24) is 4.90 Å². The summed E-state index contributed by atoms with van der Waals surface area (Å²) in [5, 5.41) is 31.4. The number of nitro groups is 2. The predicted octanol–water partition coefficient (Wildman–Crippen LogP) is 0.158. The number of piperidine rings is 1. The summed E-state index contributed by atoms with van der Waals surface area (Å²) in [5.74, 6) is -1.03. The van der Waals surface area contributed by atoms with Gasteiger partial charge in [-0.1, -0.05) is 6.08 Å². The number of carboxylic acids is 1. The first-order chi connectivity index (χ1) is 9.30. The lowest BCUT2D eigenvalue weighted by molar-refractivity contribution is -0.619. The van der Waals surface area contributed by atoms with E-state index in [9.17, 15) is 25.0 Å². The van der Waals surface area contributed by atoms with E-state index in [0.717, 1.165) is 0 Å². The molecule has 0 spiro atoms. The van der Waals surface area contributed by atoms with E-state index in [1.54, 1.807) is 0 Å². The van der Waals surface area contributed by atoms with Gasteiger partial charge in [-0.2, -0.15) is 0 Å². The van der Waals surface area contributed by atoms with E-state index in [1.807, 2.05) is 0 Å². The predicted molar refractivity (Wildman–Crippen MR) is 66.5 cm³/mol. The highest BCUT2D eigenvalue weighted by Crippen LogP contribution is 2.40. The molecule has 0 radical (unpaired) electrons. The summed E-state index contributed by atoms with van der Waals surface area (Å²) in [6.07, 6.45) is 2.73. The van der Waals surface area contributed by atoms with Crippen molar-refractivity contribution in [3.63, 3.8) is 0 Å². The number of carbonyl (C=O) groups is 1. The summed E-state index contributed by atoms with van der Waals surface area (Å²) < 4.78 is 0. The van der Waals surface area contributed by atoms with Crippen LogP contribution in [0.15, 0.2) is 12.2 Å². The van der Waals surface area contributed by atoms with Crippen LogP contribution in [-0.2, 0) is 4.79 Å². The monoisotopic (exact) mass is 285 g/mol. The zero-order chi connectivity index (χ0) is 15.0. The molecule has 2 aliphatic rings. The summed E-state index contributed by atoms with van der Waals surface area (Å²) in [4.78, 5) is 33.8. The number of nitrogens with zero attached hydrogens (tertiary/aromatic N) is 3. The number of hydrogen-bond donors (Lipinski definition) is 1. The minimum Gasteiger partial charge on any atom is -0.481 e. The molecule has 1 fully saturated rings. The van der Waals surface area contributed by atoms with Crippen LogP contribution in [0.2, 0.25) is 0 Å². The van der Waals surface area contributed by atoms with Crippen LogP contribution >= 0.6 is 0 Å². The maximum atomic E-state index is 11.3. The molecule has 1 heterocycles. The number of hydrogen-bond acceptors (Lipinski definition) is 6. The van der Waals surface area contributed by atoms with Crippen molar-refractivity contribution in [3.8, 4) is 0 Å². The van der Waals surface area contributed by atoms with Gasteiger partial charge in [0.1, 0.15) is 0 Å². The molecule has 1 saturated heterocycles. The molecule has 9 heteroatoms. The van der Waals surface area contributed by atoms with Crippen molar-refractivity contribution < 1.29 is 19.7 Å². The lowest BCUT2D eigenvalue weighted by Crippen LogP contribution is -2.66. The fourth-order valence-electron chi connectivity index (χ4n) is 3.08. The Hall–Kier alpha value is -2.03. The van der Waals surface area contributed by atoms with Crippen LogP contribution in [0, 0.1) is 20.2 Å². The topological polar surface area (TPSA) is 127 Å². The van der Waals surface area contributed by atoms with E-state index in [0.29, 0.717) is 0 Å². The highest BCUT2D eigenvalue weighted by Gasteiger charge is 2.62. The van der Waals surface area contributed by atoms with Crippen molar-refractivity contribution in [1.29, 1.82) is 0 Å². The Kier molecular flexibility index (Phi) is 3.46. The van der Waals surface area contributed by atoms with Crippen LogP contribution in [0.4, 0.5) is 0 Å². The van der Waals surface area contributed by atoms with Crippen molar-refractivity contribution in [2.24, 2.45) is 0 Å². The first-order valence-corrected chi connectivity index (χ1v) is 6.21. The van der Waals surface area contributed by atoms with Crippen molar-refractivity contribution in [2.45, 2.75) is 30.3 Å². The molecule has 2 atom stereocenters. The van der Waals surface area contributed by atoms with Crippen LogP contribution in [0.3, 0.4) is 0 Å². The van der Waals surface area contributed by atoms with E-state index in [2.05, 4.69) is 0 Å². The molecule has 1 aliphatic carbocycles. The highest BCUT2D eigenvalue weighted by atomic mass is 16.6. The smallest absolute Gasteiger partial charge is 0.304 e. The number of fused-ring (bicyclic) bond motifs is 2. The minimum atomic E-state index is -1.48. The average molecular weight is 285 g/mol. The van der Waals surface area contributed by atoms with Crippen molar-refractivity contribution in [3.05, 3.63) is 32.4 Å². The van der Waals surface area contributed by atoms with Gasteiger partial charge in [-0.15, -0.1) is 0 Å². The summed E-state index contributed by atoms with van der Waals surface area (Å²) in [5.41, 5.74) is -2.87. The third-order valence-corrected chi connectivity index (χ3v) is 3.97. The Morgan fingerprint density at radius 1 is 1.30 bits per heavy atom. The number of rotatable bonds is 5. The Morgan fingerprint density at radius 3 is 2.55 bits per heavy atom. The fourth-order valence-corrected chi connectivity index (χ4v) is 3.08. The number of carboxylic acid groups (broad SMARTS) is 1. The Bertz CT molecular complexity index is 493.